The van der Waals surface area contributed by atoms with Crippen LogP contribution in [0.4, 0.5) is 0 Å². The molecular formula is C20H22N2O. The Bertz CT molecular complexity index is 813. The van der Waals surface area contributed by atoms with Crippen molar-refractivity contribution in [2.45, 2.75) is 6.61 Å². The summed E-state index contributed by atoms with van der Waals surface area (Å²) in [6, 6.07) is 16.8. The summed E-state index contributed by atoms with van der Waals surface area (Å²) >= 11 is 0. The lowest BCUT2D eigenvalue weighted by atomic mass is 10.0. The number of hydrogen-bond acceptors (Lipinski definition) is 3. The van der Waals surface area contributed by atoms with Gasteiger partial charge in [0.15, 0.2) is 0 Å². The van der Waals surface area contributed by atoms with Crippen LogP contribution >= 0.6 is 0 Å². The van der Waals surface area contributed by atoms with Crippen molar-refractivity contribution in [2.75, 3.05) is 26.7 Å². The molecule has 2 aromatic carbocycles. The molecule has 1 N–H and O–H groups in total. The molecule has 0 spiro atoms. The van der Waals surface area contributed by atoms with Gasteiger partial charge >= 0.3 is 0 Å². The van der Waals surface area contributed by atoms with Crippen molar-refractivity contribution in [3.05, 3.63) is 64.5 Å². The minimum atomic E-state index is 0.606. The van der Waals surface area contributed by atoms with E-state index in [2.05, 4.69) is 53.8 Å². The summed E-state index contributed by atoms with van der Waals surface area (Å²) in [7, 11) is 2.20. The average Bonchev–Trinajstić information content (AvgIpc) is 2.86. The molecule has 2 heterocycles. The highest BCUT2D eigenvalue weighted by molar-refractivity contribution is 5.55. The number of fused-ring (bicyclic) bond motifs is 2. The van der Waals surface area contributed by atoms with Gasteiger partial charge in [0.1, 0.15) is 12.4 Å². The third kappa shape index (κ3) is 2.97. The van der Waals surface area contributed by atoms with Crippen LogP contribution < -0.4 is 20.5 Å². The number of nitrogens with zero attached hydrogens (tertiary/aromatic N) is 1. The molecule has 3 nitrogen and oxygen atoms in total. The molecule has 3 heteroatoms. The predicted octanol–water partition coefficient (Wildman–Crippen LogP) is 1.32. The Kier molecular flexibility index (Phi) is 3.80. The Morgan fingerprint density at radius 3 is 2.91 bits per heavy atom. The topological polar surface area (TPSA) is 24.5 Å². The van der Waals surface area contributed by atoms with Crippen molar-refractivity contribution in [1.82, 2.24) is 10.2 Å². The van der Waals surface area contributed by atoms with Crippen LogP contribution in [0, 0.1) is 5.92 Å². The standard InChI is InChI=1S/C20H22N2O/c1-22-12-17-11-21-10-16-9-18(7-8-19(16)20(17)13-22)23-14-15-5-3-2-4-6-15/h2-10,17,21H,11-14H2,1H3/t17-/m0/s1. The molecule has 0 bridgehead atoms. The van der Waals surface area contributed by atoms with Crippen LogP contribution in [0.2, 0.25) is 0 Å². The van der Waals surface area contributed by atoms with E-state index in [4.69, 9.17) is 4.74 Å². The van der Waals surface area contributed by atoms with Crippen LogP contribution in [0.5, 0.6) is 5.75 Å². The molecule has 118 valence electrons. The fourth-order valence-corrected chi connectivity index (χ4v) is 3.56. The Balaban J connectivity index is 1.64. The highest BCUT2D eigenvalue weighted by Crippen LogP contribution is 2.21. The molecule has 1 atom stereocenters. The Morgan fingerprint density at radius 2 is 2.04 bits per heavy atom. The summed E-state index contributed by atoms with van der Waals surface area (Å²) in [5.74, 6) is 1.55. The molecule has 0 amide bonds. The summed E-state index contributed by atoms with van der Waals surface area (Å²) in [5, 5.41) is 6.08. The summed E-state index contributed by atoms with van der Waals surface area (Å²) < 4.78 is 5.96. The summed E-state index contributed by atoms with van der Waals surface area (Å²) in [5.41, 5.74) is 2.75. The Morgan fingerprint density at radius 1 is 1.17 bits per heavy atom. The van der Waals surface area contributed by atoms with Gasteiger partial charge in [0, 0.05) is 37.0 Å². The Hall–Kier alpha value is -2.26. The van der Waals surface area contributed by atoms with Crippen LogP contribution in [0.3, 0.4) is 0 Å². The van der Waals surface area contributed by atoms with Crippen LogP contribution in [-0.4, -0.2) is 31.6 Å². The average molecular weight is 306 g/mol. The van der Waals surface area contributed by atoms with Crippen molar-refractivity contribution >= 4 is 11.8 Å². The van der Waals surface area contributed by atoms with Gasteiger partial charge < -0.3 is 15.0 Å². The smallest absolute Gasteiger partial charge is 0.120 e. The highest BCUT2D eigenvalue weighted by atomic mass is 16.5. The van der Waals surface area contributed by atoms with E-state index in [9.17, 15) is 0 Å². The maximum atomic E-state index is 5.96. The number of hydrogen-bond donors (Lipinski definition) is 1. The summed E-state index contributed by atoms with van der Waals surface area (Å²) in [4.78, 5) is 2.40. The van der Waals surface area contributed by atoms with Gasteiger partial charge in [-0.1, -0.05) is 36.4 Å². The second-order valence-corrected chi connectivity index (χ2v) is 6.49. The van der Waals surface area contributed by atoms with Crippen molar-refractivity contribution in [3.8, 4) is 5.75 Å². The minimum absolute atomic E-state index is 0.606. The van der Waals surface area contributed by atoms with E-state index in [-0.39, 0.29) is 0 Å². The largest absolute Gasteiger partial charge is 0.489 e. The summed E-state index contributed by atoms with van der Waals surface area (Å²) in [6.45, 7) is 3.84. The van der Waals surface area contributed by atoms with E-state index in [1.165, 1.54) is 16.0 Å². The van der Waals surface area contributed by atoms with Crippen LogP contribution in [-0.2, 0) is 6.61 Å². The molecule has 0 aromatic heterocycles. The summed E-state index contributed by atoms with van der Waals surface area (Å²) in [6.07, 6.45) is 2.13. The quantitative estimate of drug-likeness (QED) is 0.926. The van der Waals surface area contributed by atoms with Crippen LogP contribution in [0.1, 0.15) is 5.56 Å². The van der Waals surface area contributed by atoms with Gasteiger partial charge in [0.2, 0.25) is 0 Å². The fraction of sp³-hybridized carbons (Fsp3) is 0.300. The predicted molar refractivity (Wildman–Crippen MR) is 93.3 cm³/mol. The molecule has 2 aliphatic heterocycles. The number of nitrogens with one attached hydrogen (secondary N) is 1. The lowest BCUT2D eigenvalue weighted by molar-refractivity contribution is 0.306. The monoisotopic (exact) mass is 306 g/mol. The van der Waals surface area contributed by atoms with Gasteiger partial charge in [-0.05, 0) is 35.5 Å². The van der Waals surface area contributed by atoms with Gasteiger partial charge in [-0.2, -0.15) is 0 Å². The molecule has 2 aromatic rings. The van der Waals surface area contributed by atoms with E-state index < -0.39 is 0 Å². The molecule has 2 aliphatic rings. The van der Waals surface area contributed by atoms with E-state index in [1.54, 1.807) is 5.57 Å². The van der Waals surface area contributed by atoms with E-state index in [1.807, 2.05) is 18.2 Å². The number of benzene rings is 2. The first-order valence-corrected chi connectivity index (χ1v) is 8.21. The molecule has 0 radical (unpaired) electrons. The van der Waals surface area contributed by atoms with Gasteiger partial charge in [-0.25, -0.2) is 0 Å². The lowest BCUT2D eigenvalue weighted by Gasteiger charge is -2.09. The van der Waals surface area contributed by atoms with E-state index in [0.29, 0.717) is 12.5 Å². The molecule has 1 fully saturated rings. The zero-order valence-corrected chi connectivity index (χ0v) is 13.5. The van der Waals surface area contributed by atoms with Crippen molar-refractivity contribution < 1.29 is 4.74 Å². The third-order valence-corrected chi connectivity index (χ3v) is 4.70. The maximum Gasteiger partial charge on any atom is 0.120 e. The second-order valence-electron chi connectivity index (χ2n) is 6.49. The second kappa shape index (κ2) is 6.09. The molecular weight excluding hydrogens is 284 g/mol. The molecule has 1 saturated heterocycles. The zero-order valence-electron chi connectivity index (χ0n) is 13.5. The van der Waals surface area contributed by atoms with Gasteiger partial charge in [-0.15, -0.1) is 0 Å². The molecule has 23 heavy (non-hydrogen) atoms. The first-order chi connectivity index (χ1) is 11.3. The van der Waals surface area contributed by atoms with Crippen LogP contribution in [0.15, 0.2) is 48.5 Å². The van der Waals surface area contributed by atoms with Gasteiger partial charge in [0.25, 0.3) is 0 Å². The SMILES string of the molecule is CN1CC2=c3ccc(OCc4ccccc4)cc3=CNC[C@H]2C1. The first kappa shape index (κ1) is 14.3. The minimum Gasteiger partial charge on any atom is -0.489 e. The van der Waals surface area contributed by atoms with Crippen molar-refractivity contribution in [2.24, 2.45) is 5.92 Å². The molecule has 0 saturated carbocycles. The maximum absolute atomic E-state index is 5.96. The van der Waals surface area contributed by atoms with Gasteiger partial charge in [0.05, 0.1) is 0 Å². The molecule has 0 aliphatic carbocycles. The number of likely N-dealkylation sites (tertiary alicyclic amines) is 1. The third-order valence-electron chi connectivity index (χ3n) is 4.70. The molecule has 0 unspecified atom stereocenters. The van der Waals surface area contributed by atoms with Crippen LogP contribution in [0.25, 0.3) is 11.8 Å². The van der Waals surface area contributed by atoms with Gasteiger partial charge in [-0.3, -0.25) is 0 Å². The van der Waals surface area contributed by atoms with Crippen molar-refractivity contribution in [1.29, 1.82) is 0 Å². The van der Waals surface area contributed by atoms with Crippen molar-refractivity contribution in [3.63, 3.8) is 0 Å². The molecule has 4 rings (SSSR count). The number of ether oxygens (including phenoxy) is 1. The zero-order chi connectivity index (χ0) is 15.6. The first-order valence-electron chi connectivity index (χ1n) is 8.21. The normalized spacial score (nSPS) is 20.0. The van der Waals surface area contributed by atoms with E-state index in [0.717, 1.165) is 25.4 Å². The lowest BCUT2D eigenvalue weighted by Crippen LogP contribution is -2.28. The highest BCUT2D eigenvalue weighted by Gasteiger charge is 2.26. The Labute approximate surface area is 136 Å². The van der Waals surface area contributed by atoms with E-state index >= 15 is 0 Å². The fourth-order valence-electron chi connectivity index (χ4n) is 3.56. The number of rotatable bonds is 3.